The molecule has 0 amide bonds. The Kier molecular flexibility index (Phi) is 4.05. The van der Waals surface area contributed by atoms with Crippen molar-refractivity contribution in [2.75, 3.05) is 0 Å². The summed E-state index contributed by atoms with van der Waals surface area (Å²) in [4.78, 5) is 8.51. The second-order valence-electron chi connectivity index (χ2n) is 5.29. The van der Waals surface area contributed by atoms with Crippen LogP contribution in [0.25, 0.3) is 23.5 Å². The lowest BCUT2D eigenvalue weighted by Gasteiger charge is -2.02. The van der Waals surface area contributed by atoms with Gasteiger partial charge in [-0.1, -0.05) is 12.2 Å². The van der Waals surface area contributed by atoms with E-state index in [0.29, 0.717) is 0 Å². The summed E-state index contributed by atoms with van der Waals surface area (Å²) in [5.41, 5.74) is 5.58. The number of pyridine rings is 3. The molecular weight excluding hydrogens is 270 g/mol. The fourth-order valence-corrected chi connectivity index (χ4v) is 2.29. The second kappa shape index (κ2) is 6.31. The summed E-state index contributed by atoms with van der Waals surface area (Å²) in [6, 6.07) is 12.3. The predicted octanol–water partition coefficient (Wildman–Crippen LogP) is 3.45. The van der Waals surface area contributed by atoms with E-state index in [4.69, 9.17) is 0 Å². The molecule has 0 atom stereocenters. The first kappa shape index (κ1) is 14.1. The van der Waals surface area contributed by atoms with Crippen LogP contribution < -0.4 is 4.57 Å². The monoisotopic (exact) mass is 288 g/mol. The van der Waals surface area contributed by atoms with Gasteiger partial charge in [0, 0.05) is 30.7 Å². The van der Waals surface area contributed by atoms with Crippen LogP contribution in [0.2, 0.25) is 0 Å². The lowest BCUT2D eigenvalue weighted by atomic mass is 10.1. The molecule has 0 aliphatic carbocycles. The van der Waals surface area contributed by atoms with Gasteiger partial charge in [0.15, 0.2) is 6.20 Å². The Hall–Kier alpha value is -2.81. The van der Waals surface area contributed by atoms with Crippen LogP contribution in [0.3, 0.4) is 0 Å². The molecule has 0 unspecified atom stereocenters. The van der Waals surface area contributed by atoms with Crippen LogP contribution in [0.1, 0.15) is 16.7 Å². The Morgan fingerprint density at radius 1 is 0.909 bits per heavy atom. The number of hydrogen-bond acceptors (Lipinski definition) is 2. The largest absolute Gasteiger partial charge is 0.265 e. The normalized spacial score (nSPS) is 11.0. The minimum atomic E-state index is 0.988. The van der Waals surface area contributed by atoms with Gasteiger partial charge >= 0.3 is 0 Å². The molecule has 3 heterocycles. The molecule has 22 heavy (non-hydrogen) atoms. The van der Waals surface area contributed by atoms with Gasteiger partial charge in [-0.25, -0.2) is 4.98 Å². The fourth-order valence-electron chi connectivity index (χ4n) is 2.29. The van der Waals surface area contributed by atoms with Crippen molar-refractivity contribution in [1.82, 2.24) is 9.97 Å². The quantitative estimate of drug-likeness (QED) is 0.691. The van der Waals surface area contributed by atoms with E-state index >= 15 is 0 Å². The maximum Gasteiger partial charge on any atom is 0.231 e. The van der Waals surface area contributed by atoms with Gasteiger partial charge < -0.3 is 0 Å². The Morgan fingerprint density at radius 3 is 2.45 bits per heavy atom. The molecular formula is C19H18N3+. The predicted molar refractivity (Wildman–Crippen MR) is 88.8 cm³/mol. The van der Waals surface area contributed by atoms with Crippen molar-refractivity contribution in [2.24, 2.45) is 7.05 Å². The van der Waals surface area contributed by atoms with E-state index in [-0.39, 0.29) is 0 Å². The highest BCUT2D eigenvalue weighted by atomic mass is 14.9. The zero-order valence-electron chi connectivity index (χ0n) is 12.8. The van der Waals surface area contributed by atoms with Gasteiger partial charge in [0.05, 0.1) is 0 Å². The summed E-state index contributed by atoms with van der Waals surface area (Å²) in [7, 11) is 2.04. The fraction of sp³-hybridized carbons (Fsp3) is 0.105. The highest BCUT2D eigenvalue weighted by Crippen LogP contribution is 2.16. The van der Waals surface area contributed by atoms with Crippen molar-refractivity contribution in [3.8, 4) is 11.4 Å². The van der Waals surface area contributed by atoms with Gasteiger partial charge in [0.1, 0.15) is 12.7 Å². The number of aromatic nitrogens is 3. The summed E-state index contributed by atoms with van der Waals surface area (Å²) in [6.45, 7) is 2.08. The van der Waals surface area contributed by atoms with Crippen LogP contribution in [0.15, 0.2) is 61.2 Å². The Labute approximate surface area is 130 Å². The molecule has 3 rings (SSSR count). The Bertz CT molecular complexity index is 808. The third-order valence-corrected chi connectivity index (χ3v) is 3.53. The molecule has 3 heteroatoms. The Morgan fingerprint density at radius 2 is 1.68 bits per heavy atom. The van der Waals surface area contributed by atoms with Gasteiger partial charge in [-0.3, -0.25) is 4.98 Å². The van der Waals surface area contributed by atoms with Gasteiger partial charge in [-0.15, -0.1) is 0 Å². The smallest absolute Gasteiger partial charge is 0.231 e. The van der Waals surface area contributed by atoms with Gasteiger partial charge in [-0.2, -0.15) is 4.57 Å². The molecule has 0 aromatic carbocycles. The van der Waals surface area contributed by atoms with E-state index < -0.39 is 0 Å². The SMILES string of the molecule is Cc1ccnc(-c2cc(/C=C/c3ccncc3)cc[n+]2C)c1. The third kappa shape index (κ3) is 3.26. The average Bonchev–Trinajstić information content (AvgIpc) is 2.55. The van der Waals surface area contributed by atoms with Crippen LogP contribution >= 0.6 is 0 Å². The Balaban J connectivity index is 1.95. The van der Waals surface area contributed by atoms with Crippen molar-refractivity contribution in [2.45, 2.75) is 6.92 Å². The van der Waals surface area contributed by atoms with Crippen LogP contribution in [-0.4, -0.2) is 9.97 Å². The molecule has 0 saturated heterocycles. The van der Waals surface area contributed by atoms with Gasteiger partial charge in [0.2, 0.25) is 5.69 Å². The van der Waals surface area contributed by atoms with Crippen molar-refractivity contribution in [3.05, 3.63) is 77.9 Å². The van der Waals surface area contributed by atoms with Gasteiger partial charge in [0.25, 0.3) is 0 Å². The molecule has 0 spiro atoms. The molecule has 3 nitrogen and oxygen atoms in total. The third-order valence-electron chi connectivity index (χ3n) is 3.53. The average molecular weight is 288 g/mol. The molecule has 108 valence electrons. The minimum Gasteiger partial charge on any atom is -0.265 e. The van der Waals surface area contributed by atoms with Crippen LogP contribution in [0.4, 0.5) is 0 Å². The summed E-state index contributed by atoms with van der Waals surface area (Å²) < 4.78 is 2.09. The number of nitrogens with zero attached hydrogens (tertiary/aromatic N) is 3. The van der Waals surface area contributed by atoms with Crippen molar-refractivity contribution >= 4 is 12.2 Å². The topological polar surface area (TPSA) is 29.7 Å². The molecule has 3 aromatic rings. The van der Waals surface area contributed by atoms with E-state index in [2.05, 4.69) is 58.0 Å². The molecule has 0 fully saturated rings. The molecule has 0 radical (unpaired) electrons. The standard InChI is InChI=1S/C19H18N3/c1-15-5-11-21-18(13-15)19-14-17(8-12-22(19)2)4-3-16-6-9-20-10-7-16/h3-14H,1-2H3/q+1/b4-3+. The van der Waals surface area contributed by atoms with Crippen molar-refractivity contribution in [3.63, 3.8) is 0 Å². The second-order valence-corrected chi connectivity index (χ2v) is 5.29. The van der Waals surface area contributed by atoms with E-state index in [9.17, 15) is 0 Å². The first-order valence-electron chi connectivity index (χ1n) is 7.23. The lowest BCUT2D eigenvalue weighted by molar-refractivity contribution is -0.660. The van der Waals surface area contributed by atoms with E-state index in [1.165, 1.54) is 5.56 Å². The summed E-state index contributed by atoms with van der Waals surface area (Å²) >= 11 is 0. The summed E-state index contributed by atoms with van der Waals surface area (Å²) in [5, 5.41) is 0. The molecule has 0 aliphatic rings. The zero-order chi connectivity index (χ0) is 15.4. The highest BCUT2D eigenvalue weighted by Gasteiger charge is 2.11. The van der Waals surface area contributed by atoms with Crippen LogP contribution in [-0.2, 0) is 7.05 Å². The number of aryl methyl sites for hydroxylation is 2. The van der Waals surface area contributed by atoms with Crippen LogP contribution in [0, 0.1) is 6.92 Å². The summed E-state index contributed by atoms with van der Waals surface area (Å²) in [5.74, 6) is 0. The van der Waals surface area contributed by atoms with E-state index in [1.54, 1.807) is 12.4 Å². The number of rotatable bonds is 3. The van der Waals surface area contributed by atoms with E-state index in [0.717, 1.165) is 22.5 Å². The maximum absolute atomic E-state index is 4.48. The van der Waals surface area contributed by atoms with Crippen LogP contribution in [0.5, 0.6) is 0 Å². The highest BCUT2D eigenvalue weighted by molar-refractivity contribution is 5.70. The van der Waals surface area contributed by atoms with E-state index in [1.807, 2.05) is 31.4 Å². The molecule has 3 aromatic heterocycles. The molecule has 0 saturated carbocycles. The first-order chi connectivity index (χ1) is 10.7. The van der Waals surface area contributed by atoms with Gasteiger partial charge in [-0.05, 0) is 47.9 Å². The number of hydrogen-bond donors (Lipinski definition) is 0. The summed E-state index contributed by atoms with van der Waals surface area (Å²) in [6.07, 6.45) is 11.7. The zero-order valence-corrected chi connectivity index (χ0v) is 12.8. The van der Waals surface area contributed by atoms with Crippen molar-refractivity contribution < 1.29 is 4.57 Å². The van der Waals surface area contributed by atoms with Crippen molar-refractivity contribution in [1.29, 1.82) is 0 Å². The minimum absolute atomic E-state index is 0.988. The molecule has 0 aliphatic heterocycles. The maximum atomic E-state index is 4.48. The lowest BCUT2D eigenvalue weighted by Crippen LogP contribution is -2.30. The molecule has 0 N–H and O–H groups in total. The first-order valence-corrected chi connectivity index (χ1v) is 7.23. The molecule has 0 bridgehead atoms.